The summed E-state index contributed by atoms with van der Waals surface area (Å²) in [6.07, 6.45) is 0. The molecule has 0 bridgehead atoms. The number of nitrogens with two attached hydrogens (primary N) is 1. The number of benzene rings is 1. The standard InChI is InChI=1S/C10H12Cl2N2O/c1-6(14-9(15)5-13)7-3-2-4-8(11)10(7)12/h2-4,6H,5,13H2,1H3,(H,14,15). The molecule has 0 heterocycles. The first-order valence-corrected chi connectivity index (χ1v) is 5.25. The summed E-state index contributed by atoms with van der Waals surface area (Å²) in [5.74, 6) is -0.224. The maximum absolute atomic E-state index is 11.1. The summed E-state index contributed by atoms with van der Waals surface area (Å²) in [6.45, 7) is 1.79. The van der Waals surface area contributed by atoms with Crippen LogP contribution in [0.2, 0.25) is 10.0 Å². The topological polar surface area (TPSA) is 55.1 Å². The van der Waals surface area contributed by atoms with Gasteiger partial charge in [-0.1, -0.05) is 35.3 Å². The Morgan fingerprint density at radius 3 is 2.80 bits per heavy atom. The molecule has 1 aromatic rings. The number of carbonyl (C=O) groups is 1. The van der Waals surface area contributed by atoms with Crippen molar-refractivity contribution in [3.8, 4) is 0 Å². The van der Waals surface area contributed by atoms with Crippen molar-refractivity contribution in [2.45, 2.75) is 13.0 Å². The number of nitrogens with one attached hydrogen (secondary N) is 1. The average Bonchev–Trinajstić information content (AvgIpc) is 2.21. The Balaban J connectivity index is 2.86. The first-order valence-electron chi connectivity index (χ1n) is 4.49. The van der Waals surface area contributed by atoms with E-state index in [1.807, 2.05) is 13.0 Å². The van der Waals surface area contributed by atoms with E-state index in [9.17, 15) is 4.79 Å². The van der Waals surface area contributed by atoms with E-state index in [4.69, 9.17) is 28.9 Å². The number of carbonyl (C=O) groups excluding carboxylic acids is 1. The maximum Gasteiger partial charge on any atom is 0.234 e. The molecule has 1 amide bonds. The lowest BCUT2D eigenvalue weighted by molar-refractivity contribution is -0.120. The third-order valence-corrected chi connectivity index (χ3v) is 2.84. The second kappa shape index (κ2) is 5.35. The molecule has 3 nitrogen and oxygen atoms in total. The van der Waals surface area contributed by atoms with Crippen molar-refractivity contribution in [2.75, 3.05) is 6.54 Å². The lowest BCUT2D eigenvalue weighted by Crippen LogP contribution is -2.32. The van der Waals surface area contributed by atoms with Gasteiger partial charge < -0.3 is 11.1 Å². The van der Waals surface area contributed by atoms with Crippen LogP contribution in [-0.4, -0.2) is 12.5 Å². The molecule has 0 saturated heterocycles. The third kappa shape index (κ3) is 3.09. The van der Waals surface area contributed by atoms with E-state index in [0.29, 0.717) is 10.0 Å². The van der Waals surface area contributed by atoms with Gasteiger partial charge in [0.25, 0.3) is 0 Å². The van der Waals surface area contributed by atoms with Crippen LogP contribution in [0.4, 0.5) is 0 Å². The van der Waals surface area contributed by atoms with Crippen molar-refractivity contribution in [3.63, 3.8) is 0 Å². The number of rotatable bonds is 3. The zero-order valence-corrected chi connectivity index (χ0v) is 9.77. The first kappa shape index (κ1) is 12.3. The van der Waals surface area contributed by atoms with Crippen LogP contribution in [0.3, 0.4) is 0 Å². The highest BCUT2D eigenvalue weighted by atomic mass is 35.5. The minimum Gasteiger partial charge on any atom is -0.348 e. The Morgan fingerprint density at radius 1 is 1.53 bits per heavy atom. The van der Waals surface area contributed by atoms with Crippen LogP contribution in [-0.2, 0) is 4.79 Å². The molecular formula is C10H12Cl2N2O. The van der Waals surface area contributed by atoms with Gasteiger partial charge in [0.2, 0.25) is 5.91 Å². The van der Waals surface area contributed by atoms with Crippen molar-refractivity contribution >= 4 is 29.1 Å². The van der Waals surface area contributed by atoms with E-state index in [2.05, 4.69) is 5.32 Å². The summed E-state index contributed by atoms with van der Waals surface area (Å²) in [6, 6.07) is 5.10. The Bertz CT molecular complexity index is 368. The zero-order chi connectivity index (χ0) is 11.4. The highest BCUT2D eigenvalue weighted by Crippen LogP contribution is 2.29. The van der Waals surface area contributed by atoms with Crippen LogP contribution >= 0.6 is 23.2 Å². The van der Waals surface area contributed by atoms with Crippen molar-refractivity contribution in [2.24, 2.45) is 5.73 Å². The number of hydrogen-bond donors (Lipinski definition) is 2. The monoisotopic (exact) mass is 246 g/mol. The minimum absolute atomic E-state index is 0.0392. The van der Waals surface area contributed by atoms with Gasteiger partial charge in [0.15, 0.2) is 0 Å². The second-order valence-electron chi connectivity index (χ2n) is 3.14. The molecular weight excluding hydrogens is 235 g/mol. The predicted octanol–water partition coefficient (Wildman–Crippen LogP) is 2.13. The van der Waals surface area contributed by atoms with E-state index in [-0.39, 0.29) is 18.5 Å². The molecule has 0 fully saturated rings. The van der Waals surface area contributed by atoms with Gasteiger partial charge in [0.1, 0.15) is 0 Å². The van der Waals surface area contributed by atoms with Gasteiger partial charge in [-0.15, -0.1) is 0 Å². The van der Waals surface area contributed by atoms with Crippen molar-refractivity contribution < 1.29 is 4.79 Å². The van der Waals surface area contributed by atoms with Crippen molar-refractivity contribution in [3.05, 3.63) is 33.8 Å². The molecule has 1 atom stereocenters. The average molecular weight is 247 g/mol. The fraction of sp³-hybridized carbons (Fsp3) is 0.300. The van der Waals surface area contributed by atoms with Crippen LogP contribution in [0.1, 0.15) is 18.5 Å². The molecule has 3 N–H and O–H groups in total. The predicted molar refractivity (Wildman–Crippen MR) is 62.1 cm³/mol. The van der Waals surface area contributed by atoms with Crippen LogP contribution in [0, 0.1) is 0 Å². The molecule has 1 aromatic carbocycles. The quantitative estimate of drug-likeness (QED) is 0.859. The van der Waals surface area contributed by atoms with Gasteiger partial charge in [-0.05, 0) is 18.6 Å². The number of hydrogen-bond acceptors (Lipinski definition) is 2. The van der Waals surface area contributed by atoms with E-state index in [1.54, 1.807) is 12.1 Å². The Morgan fingerprint density at radius 2 is 2.20 bits per heavy atom. The highest BCUT2D eigenvalue weighted by Gasteiger charge is 2.13. The molecule has 0 aromatic heterocycles. The van der Waals surface area contributed by atoms with Crippen LogP contribution in [0.15, 0.2) is 18.2 Å². The SMILES string of the molecule is CC(NC(=O)CN)c1cccc(Cl)c1Cl. The Kier molecular flexibility index (Phi) is 4.39. The molecule has 0 aliphatic rings. The molecule has 82 valence electrons. The van der Waals surface area contributed by atoms with Gasteiger partial charge in [-0.25, -0.2) is 0 Å². The Hall–Kier alpha value is -0.770. The van der Waals surface area contributed by atoms with Crippen molar-refractivity contribution in [1.82, 2.24) is 5.32 Å². The van der Waals surface area contributed by atoms with Gasteiger partial charge in [-0.2, -0.15) is 0 Å². The molecule has 1 unspecified atom stereocenters. The molecule has 0 aliphatic heterocycles. The molecule has 0 radical (unpaired) electrons. The molecule has 0 aliphatic carbocycles. The summed E-state index contributed by atoms with van der Waals surface area (Å²) >= 11 is 11.9. The Labute approximate surface area is 98.5 Å². The first-order chi connectivity index (χ1) is 7.06. The smallest absolute Gasteiger partial charge is 0.234 e. The molecule has 5 heteroatoms. The normalized spacial score (nSPS) is 12.3. The summed E-state index contributed by atoms with van der Waals surface area (Å²) in [5, 5.41) is 3.64. The van der Waals surface area contributed by atoms with E-state index >= 15 is 0 Å². The second-order valence-corrected chi connectivity index (χ2v) is 3.92. The fourth-order valence-electron chi connectivity index (χ4n) is 1.23. The van der Waals surface area contributed by atoms with E-state index in [1.165, 1.54) is 0 Å². The van der Waals surface area contributed by atoms with E-state index in [0.717, 1.165) is 5.56 Å². The minimum atomic E-state index is -0.224. The third-order valence-electron chi connectivity index (χ3n) is 2.01. The van der Waals surface area contributed by atoms with Crippen LogP contribution in [0.5, 0.6) is 0 Å². The summed E-state index contributed by atoms with van der Waals surface area (Å²) in [4.78, 5) is 11.1. The summed E-state index contributed by atoms with van der Waals surface area (Å²) in [7, 11) is 0. The molecule has 0 saturated carbocycles. The molecule has 1 rings (SSSR count). The number of amides is 1. The highest BCUT2D eigenvalue weighted by molar-refractivity contribution is 6.42. The van der Waals surface area contributed by atoms with Gasteiger partial charge >= 0.3 is 0 Å². The van der Waals surface area contributed by atoms with Gasteiger partial charge in [0.05, 0.1) is 22.6 Å². The molecule has 15 heavy (non-hydrogen) atoms. The lowest BCUT2D eigenvalue weighted by Gasteiger charge is -2.15. The van der Waals surface area contributed by atoms with Crippen LogP contribution in [0.25, 0.3) is 0 Å². The van der Waals surface area contributed by atoms with Gasteiger partial charge in [0, 0.05) is 0 Å². The van der Waals surface area contributed by atoms with Crippen LogP contribution < -0.4 is 11.1 Å². The zero-order valence-electron chi connectivity index (χ0n) is 8.26. The fourth-order valence-corrected chi connectivity index (χ4v) is 1.70. The van der Waals surface area contributed by atoms with E-state index < -0.39 is 0 Å². The summed E-state index contributed by atoms with van der Waals surface area (Å²) in [5.41, 5.74) is 5.98. The van der Waals surface area contributed by atoms with Crippen molar-refractivity contribution in [1.29, 1.82) is 0 Å². The maximum atomic E-state index is 11.1. The number of halogens is 2. The largest absolute Gasteiger partial charge is 0.348 e. The van der Waals surface area contributed by atoms with Gasteiger partial charge in [-0.3, -0.25) is 4.79 Å². The lowest BCUT2D eigenvalue weighted by atomic mass is 10.1. The summed E-state index contributed by atoms with van der Waals surface area (Å²) < 4.78 is 0. The molecule has 0 spiro atoms.